The summed E-state index contributed by atoms with van der Waals surface area (Å²) in [5.41, 5.74) is -8.83. The number of ether oxygens (including phenoxy) is 2. The molecule has 14 heteroatoms. The van der Waals surface area contributed by atoms with Gasteiger partial charge in [0.05, 0.1) is 0 Å². The fraction of sp³-hybridized carbons (Fsp3) is 0.926. The number of hydrogen-bond donors (Lipinski definition) is 1. The quantitative estimate of drug-likeness (QED) is 0.232. The molecular weight excluding hydrogens is 575 g/mol. The van der Waals surface area contributed by atoms with E-state index in [9.17, 15) is 54.2 Å². The van der Waals surface area contributed by atoms with E-state index < -0.39 is 83.3 Å². The Bertz CT molecular complexity index is 920. The molecule has 0 aromatic carbocycles. The highest BCUT2D eigenvalue weighted by atomic mass is 19.4. The zero-order chi connectivity index (χ0) is 32.6. The third-order valence-electron chi connectivity index (χ3n) is 8.38. The molecule has 0 aromatic heterocycles. The van der Waals surface area contributed by atoms with Gasteiger partial charge in [0.25, 0.3) is 0 Å². The van der Waals surface area contributed by atoms with Gasteiger partial charge in [-0.1, -0.05) is 13.8 Å². The summed E-state index contributed by atoms with van der Waals surface area (Å²) in [7, 11) is 0. The van der Waals surface area contributed by atoms with Crippen LogP contribution in [0.3, 0.4) is 0 Å². The van der Waals surface area contributed by atoms with Gasteiger partial charge in [-0.05, 0) is 97.8 Å². The van der Waals surface area contributed by atoms with Crippen LogP contribution < -0.4 is 0 Å². The molecule has 0 radical (unpaired) electrons. The van der Waals surface area contributed by atoms with Crippen LogP contribution in [-0.2, 0) is 19.1 Å². The van der Waals surface area contributed by atoms with Gasteiger partial charge in [-0.15, -0.1) is 0 Å². The fourth-order valence-corrected chi connectivity index (χ4v) is 5.00. The predicted molar refractivity (Wildman–Crippen MR) is 130 cm³/mol. The van der Waals surface area contributed by atoms with Gasteiger partial charge in [0.2, 0.25) is 0 Å². The second-order valence-electron chi connectivity index (χ2n) is 12.8. The number of carbonyl (C=O) groups is 2. The highest BCUT2D eigenvalue weighted by Crippen LogP contribution is 2.54. The van der Waals surface area contributed by atoms with Crippen LogP contribution >= 0.6 is 0 Å². The number of esters is 2. The molecule has 2 bridgehead atoms. The molecule has 2 rings (SSSR count). The van der Waals surface area contributed by atoms with E-state index in [1.165, 1.54) is 34.6 Å². The maximum Gasteiger partial charge on any atom is 0.416 e. The van der Waals surface area contributed by atoms with Gasteiger partial charge in [0, 0.05) is 0 Å². The average Bonchev–Trinajstić information content (AvgIpc) is 3.34. The number of hydrogen-bond acceptors (Lipinski definition) is 5. The highest BCUT2D eigenvalue weighted by Gasteiger charge is 2.60. The first-order valence-corrected chi connectivity index (χ1v) is 13.4. The molecule has 2 aliphatic rings. The summed E-state index contributed by atoms with van der Waals surface area (Å²) in [5, 5.41) is 9.70. The Balaban J connectivity index is 0.000000479. The maximum atomic E-state index is 13.2. The Kier molecular flexibility index (Phi) is 11.0. The molecule has 41 heavy (non-hydrogen) atoms. The minimum atomic E-state index is -4.79. The lowest BCUT2D eigenvalue weighted by molar-refractivity contribution is -0.260. The summed E-state index contributed by atoms with van der Waals surface area (Å²) in [6, 6.07) is 0. The van der Waals surface area contributed by atoms with Crippen LogP contribution in [0.5, 0.6) is 0 Å². The molecule has 0 saturated heterocycles. The lowest BCUT2D eigenvalue weighted by Crippen LogP contribution is -2.47. The molecule has 0 aliphatic heterocycles. The zero-order valence-electron chi connectivity index (χ0n) is 24.5. The van der Waals surface area contributed by atoms with Crippen molar-refractivity contribution in [1.82, 2.24) is 0 Å². The third kappa shape index (κ3) is 8.43. The number of fused-ring (bicyclic) bond motifs is 2. The molecule has 2 aliphatic carbocycles. The Morgan fingerprint density at radius 1 is 0.707 bits per heavy atom. The van der Waals surface area contributed by atoms with Gasteiger partial charge >= 0.3 is 30.5 Å². The SMILES string of the molecule is CCC(C)(C(=O)OC(C)(C)C)C(F)(F)F.CCC(C)(C(=O)OC1CC2CC(CC(C)(O)C(F)(F)F)C1C2)C(F)(F)F. The Morgan fingerprint density at radius 3 is 1.49 bits per heavy atom. The predicted octanol–water partition coefficient (Wildman–Crippen LogP) is 7.93. The lowest BCUT2D eigenvalue weighted by Gasteiger charge is -2.36. The summed E-state index contributed by atoms with van der Waals surface area (Å²) in [6.45, 7) is 9.50. The molecule has 7 atom stereocenters. The maximum absolute atomic E-state index is 13.2. The van der Waals surface area contributed by atoms with Gasteiger partial charge in [0.15, 0.2) is 16.4 Å². The number of halogens is 9. The van der Waals surface area contributed by atoms with Crippen LogP contribution in [0.1, 0.15) is 93.9 Å². The van der Waals surface area contributed by atoms with Crippen molar-refractivity contribution in [2.75, 3.05) is 0 Å². The van der Waals surface area contributed by atoms with E-state index in [4.69, 9.17) is 9.47 Å². The van der Waals surface area contributed by atoms with Gasteiger partial charge in [-0.2, -0.15) is 39.5 Å². The van der Waals surface area contributed by atoms with E-state index in [1.54, 1.807) is 0 Å². The molecule has 1 N–H and O–H groups in total. The van der Waals surface area contributed by atoms with Crippen LogP contribution in [0.25, 0.3) is 0 Å². The van der Waals surface area contributed by atoms with Crippen LogP contribution in [0.4, 0.5) is 39.5 Å². The van der Waals surface area contributed by atoms with Crippen molar-refractivity contribution in [3.8, 4) is 0 Å². The number of aliphatic hydroxyl groups is 1. The zero-order valence-corrected chi connectivity index (χ0v) is 24.5. The molecule has 7 unspecified atom stereocenters. The van der Waals surface area contributed by atoms with Crippen LogP contribution in [0, 0.1) is 28.6 Å². The van der Waals surface area contributed by atoms with E-state index in [0.29, 0.717) is 26.2 Å². The summed E-state index contributed by atoms with van der Waals surface area (Å²) >= 11 is 0. The Labute approximate surface area is 234 Å². The van der Waals surface area contributed by atoms with Crippen LogP contribution in [0.15, 0.2) is 0 Å². The van der Waals surface area contributed by atoms with Crippen molar-refractivity contribution >= 4 is 11.9 Å². The molecule has 5 nitrogen and oxygen atoms in total. The second kappa shape index (κ2) is 12.1. The first-order chi connectivity index (χ1) is 18.1. The first-order valence-electron chi connectivity index (χ1n) is 13.4. The summed E-state index contributed by atoms with van der Waals surface area (Å²) < 4.78 is 126. The van der Waals surface area contributed by atoms with E-state index in [0.717, 1.165) is 13.8 Å². The second-order valence-corrected chi connectivity index (χ2v) is 12.8. The van der Waals surface area contributed by atoms with E-state index >= 15 is 0 Å². The van der Waals surface area contributed by atoms with Gasteiger partial charge in [0.1, 0.15) is 11.7 Å². The van der Waals surface area contributed by atoms with E-state index in [1.807, 2.05) is 0 Å². The topological polar surface area (TPSA) is 72.8 Å². The summed E-state index contributed by atoms with van der Waals surface area (Å²) in [4.78, 5) is 23.6. The van der Waals surface area contributed by atoms with Gasteiger partial charge in [-0.3, -0.25) is 9.59 Å². The minimum absolute atomic E-state index is 0.00519. The normalized spacial score (nSPS) is 27.6. The van der Waals surface area contributed by atoms with Crippen molar-refractivity contribution in [2.45, 2.75) is 130 Å². The van der Waals surface area contributed by atoms with Crippen molar-refractivity contribution < 1.29 is 63.7 Å². The number of carbonyl (C=O) groups excluding carboxylic acids is 2. The number of alkyl halides is 9. The van der Waals surface area contributed by atoms with Crippen LogP contribution in [-0.4, -0.2) is 52.9 Å². The highest BCUT2D eigenvalue weighted by molar-refractivity contribution is 5.78. The van der Waals surface area contributed by atoms with Crippen molar-refractivity contribution in [3.63, 3.8) is 0 Å². The first kappa shape index (κ1) is 37.3. The fourth-order valence-electron chi connectivity index (χ4n) is 5.00. The van der Waals surface area contributed by atoms with Crippen molar-refractivity contribution in [2.24, 2.45) is 28.6 Å². The standard InChI is InChI=1S/C17H24F6O3.C10H17F3O2/c1-4-14(2,16(18,19)20)13(24)26-12-7-9-5-10(11(12)6-9)8-15(3,25)17(21,22)23;1-6-9(5,10(11,12)13)7(14)15-8(2,3)4/h9-12,25H,4-8H2,1-3H3;6H2,1-5H3. The molecule has 0 spiro atoms. The van der Waals surface area contributed by atoms with E-state index in [-0.39, 0.29) is 12.3 Å². The molecule has 242 valence electrons. The monoisotopic (exact) mass is 616 g/mol. The molecule has 0 heterocycles. The van der Waals surface area contributed by atoms with Crippen LogP contribution in [0.2, 0.25) is 0 Å². The lowest BCUT2D eigenvalue weighted by atomic mass is 9.79. The average molecular weight is 617 g/mol. The Hall–Kier alpha value is -1.73. The molecule has 2 saturated carbocycles. The Morgan fingerprint density at radius 2 is 1.15 bits per heavy atom. The molecule has 0 aromatic rings. The molecular formula is C27H41F9O5. The van der Waals surface area contributed by atoms with Gasteiger partial charge < -0.3 is 14.6 Å². The summed E-state index contributed by atoms with van der Waals surface area (Å²) in [6.07, 6.45) is -15.0. The third-order valence-corrected chi connectivity index (χ3v) is 8.38. The number of rotatable bonds is 7. The molecule has 2 fully saturated rings. The van der Waals surface area contributed by atoms with Crippen molar-refractivity contribution in [3.05, 3.63) is 0 Å². The van der Waals surface area contributed by atoms with Gasteiger partial charge in [-0.25, -0.2) is 0 Å². The minimum Gasteiger partial charge on any atom is -0.461 e. The molecule has 0 amide bonds. The van der Waals surface area contributed by atoms with E-state index in [2.05, 4.69) is 0 Å². The summed E-state index contributed by atoms with van der Waals surface area (Å²) in [5.74, 6) is -3.59. The van der Waals surface area contributed by atoms with Crippen molar-refractivity contribution in [1.29, 1.82) is 0 Å². The smallest absolute Gasteiger partial charge is 0.416 e. The largest absolute Gasteiger partial charge is 0.461 e.